The van der Waals surface area contributed by atoms with Gasteiger partial charge in [-0.1, -0.05) is 60.7 Å². The molecule has 28 heavy (non-hydrogen) atoms. The first-order valence-corrected chi connectivity index (χ1v) is 9.90. The zero-order valence-corrected chi connectivity index (χ0v) is 16.6. The topological polar surface area (TPSA) is 61.4 Å². The van der Waals surface area contributed by atoms with Gasteiger partial charge in [-0.05, 0) is 31.0 Å². The summed E-state index contributed by atoms with van der Waals surface area (Å²) in [6.45, 7) is 0.593. The van der Waals surface area contributed by atoms with E-state index in [4.69, 9.17) is 0 Å². The normalized spacial score (nSPS) is 19.5. The molecule has 2 N–H and O–H groups in total. The first-order valence-electron chi connectivity index (χ1n) is 9.90. The molecule has 5 heteroatoms. The minimum atomic E-state index is -0.323. The third-order valence-corrected chi connectivity index (χ3v) is 5.72. The summed E-state index contributed by atoms with van der Waals surface area (Å²) in [6, 6.07) is 20.3. The van der Waals surface area contributed by atoms with E-state index in [1.165, 1.54) is 0 Å². The molecule has 1 saturated heterocycles. The van der Waals surface area contributed by atoms with Crippen LogP contribution in [0.25, 0.3) is 0 Å². The predicted molar refractivity (Wildman–Crippen MR) is 111 cm³/mol. The second-order valence-corrected chi connectivity index (χ2v) is 7.43. The van der Waals surface area contributed by atoms with Gasteiger partial charge in [0, 0.05) is 32.1 Å². The average molecular weight is 380 g/mol. The lowest BCUT2D eigenvalue weighted by Gasteiger charge is -2.26. The Hall–Kier alpha value is -2.66. The lowest BCUT2D eigenvalue weighted by atomic mass is 9.90. The number of likely N-dealkylation sites (N-methyl/N-ethyl adjacent to an activating group) is 1. The Bertz CT molecular complexity index is 739. The number of hydrogen-bond acceptors (Lipinski definition) is 3. The smallest absolute Gasteiger partial charge is 0.232 e. The highest BCUT2D eigenvalue weighted by Crippen LogP contribution is 2.26. The van der Waals surface area contributed by atoms with Crippen LogP contribution in [0.5, 0.6) is 0 Å². The number of benzene rings is 2. The molecule has 1 heterocycles. The van der Waals surface area contributed by atoms with Crippen molar-refractivity contribution >= 4 is 11.8 Å². The van der Waals surface area contributed by atoms with Crippen LogP contribution in [0.2, 0.25) is 0 Å². The van der Waals surface area contributed by atoms with Gasteiger partial charge in [-0.15, -0.1) is 0 Å². The highest BCUT2D eigenvalue weighted by molar-refractivity contribution is 5.87. The molecule has 0 aromatic heterocycles. The molecule has 0 bridgehead atoms. The van der Waals surface area contributed by atoms with Crippen LogP contribution in [0.3, 0.4) is 0 Å². The van der Waals surface area contributed by atoms with Crippen molar-refractivity contribution < 1.29 is 9.59 Å². The molecule has 2 aromatic carbocycles. The number of amides is 2. The third kappa shape index (κ3) is 4.78. The van der Waals surface area contributed by atoms with Gasteiger partial charge in [-0.3, -0.25) is 14.5 Å². The SMILES string of the molecule is CNC(=O)C[C@H]1CC[C@@H](CNC(=O)C(c2ccccc2)c2ccccc2)N1C. The van der Waals surface area contributed by atoms with E-state index in [9.17, 15) is 9.59 Å². The molecule has 2 amide bonds. The van der Waals surface area contributed by atoms with Crippen LogP contribution in [0.4, 0.5) is 0 Å². The Morgan fingerprint density at radius 2 is 1.50 bits per heavy atom. The van der Waals surface area contributed by atoms with Crippen molar-refractivity contribution in [3.63, 3.8) is 0 Å². The van der Waals surface area contributed by atoms with Crippen molar-refractivity contribution in [1.29, 1.82) is 0 Å². The van der Waals surface area contributed by atoms with Crippen LogP contribution in [0, 0.1) is 0 Å². The summed E-state index contributed by atoms with van der Waals surface area (Å²) in [5, 5.41) is 5.85. The molecule has 148 valence electrons. The van der Waals surface area contributed by atoms with Gasteiger partial charge in [0.1, 0.15) is 0 Å². The van der Waals surface area contributed by atoms with E-state index in [1.54, 1.807) is 7.05 Å². The molecule has 0 unspecified atom stereocenters. The number of carbonyl (C=O) groups excluding carboxylic acids is 2. The summed E-state index contributed by atoms with van der Waals surface area (Å²) < 4.78 is 0. The van der Waals surface area contributed by atoms with Gasteiger partial charge in [-0.2, -0.15) is 0 Å². The average Bonchev–Trinajstić information content (AvgIpc) is 3.07. The Kier molecular flexibility index (Phi) is 6.82. The first-order chi connectivity index (χ1) is 13.6. The molecule has 0 aliphatic carbocycles. The van der Waals surface area contributed by atoms with Crippen molar-refractivity contribution in [2.75, 3.05) is 20.6 Å². The van der Waals surface area contributed by atoms with Crippen molar-refractivity contribution in [1.82, 2.24) is 15.5 Å². The lowest BCUT2D eigenvalue weighted by Crippen LogP contribution is -2.43. The Labute approximate surface area is 167 Å². The zero-order valence-electron chi connectivity index (χ0n) is 16.6. The molecular weight excluding hydrogens is 350 g/mol. The van der Waals surface area contributed by atoms with Crippen LogP contribution in [0.1, 0.15) is 36.3 Å². The second-order valence-electron chi connectivity index (χ2n) is 7.43. The van der Waals surface area contributed by atoms with Gasteiger partial charge in [0.2, 0.25) is 11.8 Å². The van der Waals surface area contributed by atoms with Gasteiger partial charge < -0.3 is 10.6 Å². The summed E-state index contributed by atoms with van der Waals surface area (Å²) in [7, 11) is 3.71. The third-order valence-electron chi connectivity index (χ3n) is 5.72. The zero-order chi connectivity index (χ0) is 19.9. The number of nitrogens with zero attached hydrogens (tertiary/aromatic N) is 1. The number of carbonyl (C=O) groups is 2. The first kappa shape index (κ1) is 20.1. The van der Waals surface area contributed by atoms with E-state index in [0.29, 0.717) is 13.0 Å². The van der Waals surface area contributed by atoms with Crippen molar-refractivity contribution in [3.8, 4) is 0 Å². The number of rotatable bonds is 7. The molecule has 0 saturated carbocycles. The van der Waals surface area contributed by atoms with Crippen molar-refractivity contribution in [2.24, 2.45) is 0 Å². The number of likely N-dealkylation sites (tertiary alicyclic amines) is 1. The number of hydrogen-bond donors (Lipinski definition) is 2. The summed E-state index contributed by atoms with van der Waals surface area (Å²) in [5.74, 6) is -0.244. The van der Waals surface area contributed by atoms with Gasteiger partial charge in [0.15, 0.2) is 0 Å². The standard InChI is InChI=1S/C23H29N3O2/c1-24-21(27)15-19-13-14-20(26(19)2)16-25-23(28)22(17-9-5-3-6-10-17)18-11-7-4-8-12-18/h3-12,19-20,22H,13-16H2,1-2H3,(H,24,27)(H,25,28)/t19-,20+/m1/s1. The molecule has 1 aliphatic rings. The molecule has 1 aliphatic heterocycles. The second kappa shape index (κ2) is 9.51. The van der Waals surface area contributed by atoms with E-state index in [2.05, 4.69) is 15.5 Å². The van der Waals surface area contributed by atoms with E-state index >= 15 is 0 Å². The maximum absolute atomic E-state index is 13.1. The molecule has 0 radical (unpaired) electrons. The minimum absolute atomic E-state index is 0.0144. The van der Waals surface area contributed by atoms with Gasteiger partial charge in [-0.25, -0.2) is 0 Å². The maximum Gasteiger partial charge on any atom is 0.232 e. The quantitative estimate of drug-likeness (QED) is 0.777. The predicted octanol–water partition coefficient (Wildman–Crippen LogP) is 2.53. The van der Waals surface area contributed by atoms with Crippen molar-refractivity contribution in [3.05, 3.63) is 71.8 Å². The van der Waals surface area contributed by atoms with Crippen LogP contribution in [0.15, 0.2) is 60.7 Å². The Balaban J connectivity index is 1.66. The lowest BCUT2D eigenvalue weighted by molar-refractivity contribution is -0.123. The van der Waals surface area contributed by atoms with Crippen LogP contribution in [-0.2, 0) is 9.59 Å². The van der Waals surface area contributed by atoms with Crippen LogP contribution < -0.4 is 10.6 Å². The summed E-state index contributed by atoms with van der Waals surface area (Å²) >= 11 is 0. The van der Waals surface area contributed by atoms with Crippen molar-refractivity contribution in [2.45, 2.75) is 37.3 Å². The highest BCUT2D eigenvalue weighted by Gasteiger charge is 2.32. The summed E-state index contributed by atoms with van der Waals surface area (Å²) in [4.78, 5) is 27.0. The van der Waals surface area contributed by atoms with Gasteiger partial charge in [0.05, 0.1) is 5.92 Å². The summed E-state index contributed by atoms with van der Waals surface area (Å²) in [5.41, 5.74) is 1.98. The molecule has 2 atom stereocenters. The Morgan fingerprint density at radius 3 is 2.04 bits per heavy atom. The fourth-order valence-corrected chi connectivity index (χ4v) is 4.01. The van der Waals surface area contributed by atoms with E-state index in [1.807, 2.05) is 67.7 Å². The molecule has 2 aromatic rings. The maximum atomic E-state index is 13.1. The summed E-state index contributed by atoms with van der Waals surface area (Å²) in [6.07, 6.45) is 2.47. The minimum Gasteiger partial charge on any atom is -0.359 e. The molecule has 1 fully saturated rings. The monoisotopic (exact) mass is 379 g/mol. The number of nitrogens with one attached hydrogen (secondary N) is 2. The molecular formula is C23H29N3O2. The van der Waals surface area contributed by atoms with E-state index in [0.717, 1.165) is 24.0 Å². The fraction of sp³-hybridized carbons (Fsp3) is 0.391. The van der Waals surface area contributed by atoms with Gasteiger partial charge >= 0.3 is 0 Å². The highest BCUT2D eigenvalue weighted by atomic mass is 16.2. The fourth-order valence-electron chi connectivity index (χ4n) is 4.01. The van der Waals surface area contributed by atoms with Gasteiger partial charge in [0.25, 0.3) is 0 Å². The molecule has 0 spiro atoms. The van der Waals surface area contributed by atoms with Crippen LogP contribution >= 0.6 is 0 Å². The van der Waals surface area contributed by atoms with E-state index < -0.39 is 0 Å². The Morgan fingerprint density at radius 1 is 0.964 bits per heavy atom. The van der Waals surface area contributed by atoms with Crippen LogP contribution in [-0.4, -0.2) is 49.4 Å². The van der Waals surface area contributed by atoms with E-state index in [-0.39, 0.29) is 29.8 Å². The molecule has 5 nitrogen and oxygen atoms in total. The molecule has 3 rings (SSSR count). The largest absolute Gasteiger partial charge is 0.359 e.